The number of halogens is 1. The first-order valence-corrected chi connectivity index (χ1v) is 6.35. The fraction of sp³-hybridized carbons (Fsp3) is 0.429. The predicted octanol–water partition coefficient (Wildman–Crippen LogP) is 1.28. The van der Waals surface area contributed by atoms with Crippen LogP contribution in [0.3, 0.4) is 0 Å². The van der Waals surface area contributed by atoms with Gasteiger partial charge in [-0.05, 0) is 30.5 Å². The second-order valence-electron chi connectivity index (χ2n) is 4.84. The first kappa shape index (κ1) is 13.5. The van der Waals surface area contributed by atoms with Gasteiger partial charge in [-0.3, -0.25) is 9.59 Å². The van der Waals surface area contributed by atoms with E-state index in [0.717, 1.165) is 5.56 Å². The number of carbonyl (C=O) groups is 2. The molecule has 0 radical (unpaired) electrons. The van der Waals surface area contributed by atoms with Gasteiger partial charge in [-0.25, -0.2) is 4.39 Å². The van der Waals surface area contributed by atoms with Crippen molar-refractivity contribution in [3.8, 4) is 0 Å². The zero-order chi connectivity index (χ0) is 13.8. The van der Waals surface area contributed by atoms with Gasteiger partial charge < -0.3 is 10.6 Å². The third-order valence-corrected chi connectivity index (χ3v) is 3.34. The Hall–Kier alpha value is -1.91. The van der Waals surface area contributed by atoms with Crippen LogP contribution in [0.4, 0.5) is 4.39 Å². The van der Waals surface area contributed by atoms with Crippen molar-refractivity contribution >= 4 is 11.8 Å². The van der Waals surface area contributed by atoms with Crippen LogP contribution in [0, 0.1) is 18.7 Å². The molecule has 2 rings (SSSR count). The highest BCUT2D eigenvalue weighted by molar-refractivity contribution is 5.83. The molecule has 1 aliphatic heterocycles. The third kappa shape index (κ3) is 3.53. The lowest BCUT2D eigenvalue weighted by atomic mass is 9.98. The van der Waals surface area contributed by atoms with Gasteiger partial charge >= 0.3 is 0 Å². The number of benzene rings is 1. The highest BCUT2D eigenvalue weighted by atomic mass is 19.1. The van der Waals surface area contributed by atoms with Crippen molar-refractivity contribution < 1.29 is 14.0 Å². The van der Waals surface area contributed by atoms with E-state index in [1.54, 1.807) is 19.1 Å². The summed E-state index contributed by atoms with van der Waals surface area (Å²) in [6.45, 7) is 2.38. The number of rotatable bonds is 3. The van der Waals surface area contributed by atoms with Crippen LogP contribution in [0.5, 0.6) is 0 Å². The van der Waals surface area contributed by atoms with E-state index in [0.29, 0.717) is 31.5 Å². The van der Waals surface area contributed by atoms with Crippen molar-refractivity contribution in [2.24, 2.45) is 5.92 Å². The molecule has 0 bridgehead atoms. The van der Waals surface area contributed by atoms with Crippen LogP contribution in [-0.2, 0) is 16.1 Å². The molecule has 0 saturated carbocycles. The van der Waals surface area contributed by atoms with Gasteiger partial charge in [0.05, 0.1) is 5.92 Å². The second-order valence-corrected chi connectivity index (χ2v) is 4.84. The van der Waals surface area contributed by atoms with Crippen LogP contribution in [0.2, 0.25) is 0 Å². The maximum atomic E-state index is 13.3. The number of hydrogen-bond acceptors (Lipinski definition) is 2. The molecule has 19 heavy (non-hydrogen) atoms. The van der Waals surface area contributed by atoms with E-state index in [9.17, 15) is 14.0 Å². The van der Waals surface area contributed by atoms with Crippen molar-refractivity contribution in [1.82, 2.24) is 10.6 Å². The van der Waals surface area contributed by atoms with Crippen LogP contribution in [0.15, 0.2) is 18.2 Å². The largest absolute Gasteiger partial charge is 0.355 e. The molecule has 0 aliphatic carbocycles. The summed E-state index contributed by atoms with van der Waals surface area (Å²) in [4.78, 5) is 22.9. The van der Waals surface area contributed by atoms with E-state index < -0.39 is 0 Å². The maximum Gasteiger partial charge on any atom is 0.225 e. The Labute approximate surface area is 111 Å². The summed E-state index contributed by atoms with van der Waals surface area (Å²) < 4.78 is 13.3. The molecule has 1 aromatic carbocycles. The Balaban J connectivity index is 1.86. The van der Waals surface area contributed by atoms with E-state index >= 15 is 0 Å². The van der Waals surface area contributed by atoms with E-state index in [2.05, 4.69) is 10.6 Å². The van der Waals surface area contributed by atoms with Crippen LogP contribution in [0.25, 0.3) is 0 Å². The monoisotopic (exact) mass is 264 g/mol. The minimum absolute atomic E-state index is 0.00958. The van der Waals surface area contributed by atoms with Crippen LogP contribution >= 0.6 is 0 Å². The van der Waals surface area contributed by atoms with Gasteiger partial charge in [-0.2, -0.15) is 0 Å². The topological polar surface area (TPSA) is 58.2 Å². The van der Waals surface area contributed by atoms with Crippen molar-refractivity contribution in [2.75, 3.05) is 6.54 Å². The molecule has 1 unspecified atom stereocenters. The predicted molar refractivity (Wildman–Crippen MR) is 68.7 cm³/mol. The van der Waals surface area contributed by atoms with Crippen LogP contribution in [0.1, 0.15) is 24.0 Å². The molecule has 0 aromatic heterocycles. The molecule has 1 aromatic rings. The van der Waals surface area contributed by atoms with E-state index in [1.165, 1.54) is 6.07 Å². The summed E-state index contributed by atoms with van der Waals surface area (Å²) in [5.74, 6) is -0.560. The highest BCUT2D eigenvalue weighted by Crippen LogP contribution is 2.12. The molecule has 0 spiro atoms. The lowest BCUT2D eigenvalue weighted by Crippen LogP contribution is -2.42. The Morgan fingerprint density at radius 3 is 2.95 bits per heavy atom. The summed E-state index contributed by atoms with van der Waals surface area (Å²) >= 11 is 0. The van der Waals surface area contributed by atoms with Crippen molar-refractivity contribution in [2.45, 2.75) is 26.3 Å². The molecule has 4 nitrogen and oxygen atoms in total. The quantitative estimate of drug-likeness (QED) is 0.864. The average molecular weight is 264 g/mol. The lowest BCUT2D eigenvalue weighted by Gasteiger charge is -2.21. The molecular weight excluding hydrogens is 247 g/mol. The summed E-state index contributed by atoms with van der Waals surface area (Å²) in [5, 5.41) is 5.44. The van der Waals surface area contributed by atoms with Crippen molar-refractivity contribution in [3.05, 3.63) is 35.1 Å². The molecule has 5 heteroatoms. The molecule has 1 saturated heterocycles. The Kier molecular flexibility index (Phi) is 4.14. The van der Waals surface area contributed by atoms with Crippen molar-refractivity contribution in [1.29, 1.82) is 0 Å². The fourth-order valence-electron chi connectivity index (χ4n) is 2.04. The van der Waals surface area contributed by atoms with Gasteiger partial charge in [0.2, 0.25) is 11.8 Å². The summed E-state index contributed by atoms with van der Waals surface area (Å²) in [7, 11) is 0. The van der Waals surface area contributed by atoms with Gasteiger partial charge in [0.1, 0.15) is 5.82 Å². The van der Waals surface area contributed by atoms with E-state index in [4.69, 9.17) is 0 Å². The first-order valence-electron chi connectivity index (χ1n) is 6.35. The summed E-state index contributed by atoms with van der Waals surface area (Å²) in [5.41, 5.74) is 1.32. The Bertz CT molecular complexity index is 492. The Morgan fingerprint density at radius 2 is 2.32 bits per heavy atom. The SMILES string of the molecule is Cc1ccc(CNC(=O)C2CCC(=O)NC2)cc1F. The average Bonchev–Trinajstić information content (AvgIpc) is 2.40. The summed E-state index contributed by atoms with van der Waals surface area (Å²) in [6.07, 6.45) is 0.956. The number of aryl methyl sites for hydroxylation is 1. The Morgan fingerprint density at radius 1 is 1.53 bits per heavy atom. The fourth-order valence-corrected chi connectivity index (χ4v) is 2.04. The number of amides is 2. The normalized spacial score (nSPS) is 18.8. The van der Waals surface area contributed by atoms with E-state index in [-0.39, 0.29) is 23.5 Å². The molecule has 1 heterocycles. The van der Waals surface area contributed by atoms with Gasteiger partial charge in [-0.15, -0.1) is 0 Å². The molecule has 1 aliphatic rings. The minimum atomic E-state index is -0.267. The number of carbonyl (C=O) groups excluding carboxylic acids is 2. The standard InChI is InChI=1S/C14H17FN2O2/c1-9-2-3-10(6-12(9)15)7-17-14(19)11-4-5-13(18)16-8-11/h2-3,6,11H,4-5,7-8H2,1H3,(H,16,18)(H,17,19). The maximum absolute atomic E-state index is 13.3. The summed E-state index contributed by atoms with van der Waals surface area (Å²) in [6, 6.07) is 4.91. The minimum Gasteiger partial charge on any atom is -0.355 e. The molecule has 102 valence electrons. The van der Waals surface area contributed by atoms with Crippen LogP contribution < -0.4 is 10.6 Å². The molecular formula is C14H17FN2O2. The first-order chi connectivity index (χ1) is 9.06. The van der Waals surface area contributed by atoms with E-state index in [1.807, 2.05) is 0 Å². The number of hydrogen-bond donors (Lipinski definition) is 2. The zero-order valence-corrected chi connectivity index (χ0v) is 10.8. The molecule has 2 amide bonds. The smallest absolute Gasteiger partial charge is 0.225 e. The molecule has 1 fully saturated rings. The molecule has 1 atom stereocenters. The number of nitrogens with one attached hydrogen (secondary N) is 2. The third-order valence-electron chi connectivity index (χ3n) is 3.34. The lowest BCUT2D eigenvalue weighted by molar-refractivity contribution is -0.129. The highest BCUT2D eigenvalue weighted by Gasteiger charge is 2.23. The number of piperidine rings is 1. The molecule has 2 N–H and O–H groups in total. The van der Waals surface area contributed by atoms with Gasteiger partial charge in [-0.1, -0.05) is 12.1 Å². The van der Waals surface area contributed by atoms with Gasteiger partial charge in [0.15, 0.2) is 0 Å². The zero-order valence-electron chi connectivity index (χ0n) is 10.8. The van der Waals surface area contributed by atoms with Crippen LogP contribution in [-0.4, -0.2) is 18.4 Å². The van der Waals surface area contributed by atoms with Gasteiger partial charge in [0.25, 0.3) is 0 Å². The van der Waals surface area contributed by atoms with Gasteiger partial charge in [0, 0.05) is 19.5 Å². The van der Waals surface area contributed by atoms with Crippen molar-refractivity contribution in [3.63, 3.8) is 0 Å². The second kappa shape index (κ2) is 5.82.